The lowest BCUT2D eigenvalue weighted by Crippen LogP contribution is -2.71. The molecule has 0 aliphatic carbocycles. The number of phenolic OH excluding ortho intramolecular Hbond substituents is 1. The molecule has 0 radical (unpaired) electrons. The first-order chi connectivity index (χ1) is 21.4. The number of amides is 3. The second kappa shape index (κ2) is 12.4. The molecule has 1 unspecified atom stereocenters. The minimum Gasteiger partial charge on any atom is -0.506 e. The Morgan fingerprint density at radius 2 is 2.00 bits per heavy atom. The van der Waals surface area contributed by atoms with Gasteiger partial charge in [0.15, 0.2) is 10.8 Å². The fourth-order valence-corrected chi connectivity index (χ4v) is 6.76. The van der Waals surface area contributed by atoms with Gasteiger partial charge < -0.3 is 41.3 Å². The molecule has 3 atom stereocenters. The first-order valence-electron chi connectivity index (χ1n) is 13.0. The standard InChI is InChI=1S/C26H24N6O11S2/c1-9(33)42-6-10-7-44-23-18(22(37)32(23)19(10)24(38)39)30-21(36)17(13-8-45-26(27)28-13)31-43-20(25(40)41)12-2-4-14(34)16-11(12)3-5-15(35)29-16/h2,4,8,18,20,23,34H,3,5-7H2,1H3,(H2,27,28)(H,29,35)(H,30,36)(H,38,39)(H,40,41)/b31-17-/t18-,20?,23-/m1/s1. The number of nitrogens with zero attached hydrogens (tertiary/aromatic N) is 3. The van der Waals surface area contributed by atoms with Gasteiger partial charge >= 0.3 is 17.9 Å². The second-order valence-electron chi connectivity index (χ2n) is 9.81. The lowest BCUT2D eigenvalue weighted by Gasteiger charge is -2.49. The van der Waals surface area contributed by atoms with E-state index in [1.54, 1.807) is 0 Å². The fraction of sp³-hybridized carbons (Fsp3) is 0.308. The highest BCUT2D eigenvalue weighted by Crippen LogP contribution is 2.41. The number of phenols is 1. The van der Waals surface area contributed by atoms with Crippen molar-refractivity contribution in [3.63, 3.8) is 0 Å². The topological polar surface area (TPSA) is 260 Å². The molecule has 0 bridgehead atoms. The Labute approximate surface area is 261 Å². The van der Waals surface area contributed by atoms with Gasteiger partial charge in [-0.15, -0.1) is 23.1 Å². The van der Waals surface area contributed by atoms with Crippen LogP contribution < -0.4 is 16.4 Å². The Bertz CT molecular complexity index is 1700. The summed E-state index contributed by atoms with van der Waals surface area (Å²) in [6, 6.07) is 1.28. The number of hydrogen-bond donors (Lipinski definition) is 6. The second-order valence-corrected chi connectivity index (χ2v) is 11.8. The highest BCUT2D eigenvalue weighted by Gasteiger charge is 2.54. The van der Waals surface area contributed by atoms with Crippen molar-refractivity contribution in [1.29, 1.82) is 0 Å². The Kier molecular flexibility index (Phi) is 8.64. The number of aromatic hydroxyl groups is 1. The molecule has 236 valence electrons. The van der Waals surface area contributed by atoms with Crippen molar-refractivity contribution >= 4 is 75.3 Å². The van der Waals surface area contributed by atoms with Crippen molar-refractivity contribution in [2.75, 3.05) is 23.4 Å². The van der Waals surface area contributed by atoms with Crippen LogP contribution in [0.2, 0.25) is 0 Å². The molecule has 45 heavy (non-hydrogen) atoms. The number of oxime groups is 1. The van der Waals surface area contributed by atoms with Crippen LogP contribution >= 0.6 is 23.1 Å². The van der Waals surface area contributed by atoms with Gasteiger partial charge in [0.25, 0.3) is 11.8 Å². The van der Waals surface area contributed by atoms with E-state index in [1.165, 1.54) is 17.5 Å². The predicted molar refractivity (Wildman–Crippen MR) is 156 cm³/mol. The number of nitrogens with two attached hydrogens (primary N) is 1. The Morgan fingerprint density at radius 3 is 2.64 bits per heavy atom. The summed E-state index contributed by atoms with van der Waals surface area (Å²) in [5.74, 6) is -5.82. The van der Waals surface area contributed by atoms with Crippen LogP contribution in [-0.4, -0.2) is 90.3 Å². The minimum atomic E-state index is -1.79. The van der Waals surface area contributed by atoms with Crippen molar-refractivity contribution in [1.82, 2.24) is 15.2 Å². The lowest BCUT2D eigenvalue weighted by molar-refractivity contribution is -0.151. The number of fused-ring (bicyclic) bond motifs is 2. The van der Waals surface area contributed by atoms with Crippen molar-refractivity contribution in [3.8, 4) is 5.75 Å². The molecule has 3 amide bonds. The maximum absolute atomic E-state index is 13.5. The summed E-state index contributed by atoms with van der Waals surface area (Å²) in [6.45, 7) is 0.841. The third-order valence-electron chi connectivity index (χ3n) is 6.92. The van der Waals surface area contributed by atoms with Gasteiger partial charge in [0.2, 0.25) is 12.0 Å². The number of aliphatic carboxylic acids is 2. The van der Waals surface area contributed by atoms with Crippen LogP contribution in [0.1, 0.15) is 36.3 Å². The number of carbonyl (C=O) groups is 6. The summed E-state index contributed by atoms with van der Waals surface area (Å²) in [5, 5.41) is 39.3. The van der Waals surface area contributed by atoms with Crippen LogP contribution in [0.3, 0.4) is 0 Å². The summed E-state index contributed by atoms with van der Waals surface area (Å²) in [7, 11) is 0. The number of carboxylic acids is 2. The molecule has 3 aliphatic rings. The van der Waals surface area contributed by atoms with E-state index >= 15 is 0 Å². The molecule has 7 N–H and O–H groups in total. The Morgan fingerprint density at radius 1 is 1.24 bits per heavy atom. The largest absolute Gasteiger partial charge is 0.506 e. The fourth-order valence-electron chi connectivity index (χ4n) is 4.88. The summed E-state index contributed by atoms with van der Waals surface area (Å²) in [5.41, 5.74) is 5.40. The number of thioether (sulfide) groups is 1. The lowest BCUT2D eigenvalue weighted by atomic mass is 9.93. The molecule has 1 fully saturated rings. The molecule has 19 heteroatoms. The van der Waals surface area contributed by atoms with Crippen LogP contribution in [0.5, 0.6) is 5.75 Å². The van der Waals surface area contributed by atoms with Crippen LogP contribution in [0.4, 0.5) is 10.8 Å². The van der Waals surface area contributed by atoms with E-state index in [0.29, 0.717) is 5.56 Å². The molecule has 0 spiro atoms. The number of nitrogens with one attached hydrogen (secondary N) is 2. The third-order valence-corrected chi connectivity index (χ3v) is 8.93. The summed E-state index contributed by atoms with van der Waals surface area (Å²) >= 11 is 2.09. The molecule has 2 aromatic rings. The van der Waals surface area contributed by atoms with Crippen molar-refractivity contribution in [3.05, 3.63) is 45.6 Å². The molecule has 1 aromatic carbocycles. The molecule has 3 aliphatic heterocycles. The van der Waals surface area contributed by atoms with E-state index in [2.05, 4.69) is 20.8 Å². The number of esters is 1. The number of carbonyl (C=O) groups excluding carboxylic acids is 4. The number of aromatic nitrogens is 1. The first kappa shape index (κ1) is 31.3. The number of rotatable bonds is 10. The third kappa shape index (κ3) is 6.11. The molecule has 4 heterocycles. The highest BCUT2D eigenvalue weighted by atomic mass is 32.2. The first-order valence-corrected chi connectivity index (χ1v) is 15.0. The van der Waals surface area contributed by atoms with Crippen LogP contribution in [0.15, 0.2) is 33.9 Å². The van der Waals surface area contributed by atoms with E-state index < -0.39 is 53.0 Å². The van der Waals surface area contributed by atoms with E-state index in [1.807, 2.05) is 0 Å². The van der Waals surface area contributed by atoms with Gasteiger partial charge in [-0.3, -0.25) is 24.1 Å². The molecule has 17 nitrogen and oxygen atoms in total. The van der Waals surface area contributed by atoms with Gasteiger partial charge in [0.1, 0.15) is 35.2 Å². The van der Waals surface area contributed by atoms with Crippen LogP contribution in [0, 0.1) is 0 Å². The van der Waals surface area contributed by atoms with Crippen LogP contribution in [0.25, 0.3) is 0 Å². The smallest absolute Gasteiger partial charge is 0.352 e. The molecule has 0 saturated carbocycles. The number of carboxylic acid groups (broad SMARTS) is 2. The average molecular weight is 661 g/mol. The summed E-state index contributed by atoms with van der Waals surface area (Å²) < 4.78 is 4.92. The van der Waals surface area contributed by atoms with Gasteiger partial charge in [-0.2, -0.15) is 0 Å². The zero-order valence-corrected chi connectivity index (χ0v) is 24.8. The van der Waals surface area contributed by atoms with Gasteiger partial charge in [-0.05, 0) is 18.1 Å². The Hall–Kier alpha value is -5.17. The number of nitrogen functional groups attached to an aromatic ring is 1. The van der Waals surface area contributed by atoms with Crippen molar-refractivity contribution < 1.29 is 53.7 Å². The number of thiazole rings is 1. The van der Waals surface area contributed by atoms with Gasteiger partial charge in [-0.1, -0.05) is 11.2 Å². The quantitative estimate of drug-likeness (QED) is 0.0652. The zero-order chi connectivity index (χ0) is 32.6. The van der Waals surface area contributed by atoms with Crippen molar-refractivity contribution in [2.24, 2.45) is 5.16 Å². The number of benzene rings is 1. The van der Waals surface area contributed by atoms with Crippen molar-refractivity contribution in [2.45, 2.75) is 37.3 Å². The SMILES string of the molecule is CC(=O)OCC1=C(C(=O)O)N2C(=O)[C@@H](NC(=O)/C(=N\OC(C(=O)O)c3ccc(O)c4c3CCC(=O)N4)c3csc(N)n3)[C@H]2SC1. The molecule has 1 aromatic heterocycles. The maximum Gasteiger partial charge on any atom is 0.352 e. The van der Waals surface area contributed by atoms with E-state index in [-0.39, 0.29) is 70.2 Å². The zero-order valence-electron chi connectivity index (χ0n) is 23.1. The monoisotopic (exact) mass is 660 g/mol. The summed E-state index contributed by atoms with van der Waals surface area (Å²) in [6.07, 6.45) is -1.66. The maximum atomic E-state index is 13.5. The number of hydrogen-bond acceptors (Lipinski definition) is 14. The molecule has 5 rings (SSSR count). The minimum absolute atomic E-state index is 0.0282. The number of ether oxygens (including phenoxy) is 1. The molecular formula is C26H24N6O11S2. The predicted octanol–water partition coefficient (Wildman–Crippen LogP) is 0.164. The molecule has 1 saturated heterocycles. The number of β-lactam (4-membered cyclic amide) rings is 1. The van der Waals surface area contributed by atoms with Gasteiger partial charge in [0, 0.05) is 35.6 Å². The summed E-state index contributed by atoms with van der Waals surface area (Å²) in [4.78, 5) is 84.3. The van der Waals surface area contributed by atoms with Gasteiger partial charge in [0.05, 0.1) is 5.69 Å². The van der Waals surface area contributed by atoms with E-state index in [0.717, 1.165) is 34.9 Å². The average Bonchev–Trinajstić information content (AvgIpc) is 3.42. The molecular weight excluding hydrogens is 636 g/mol. The Balaban J connectivity index is 1.41. The highest BCUT2D eigenvalue weighted by molar-refractivity contribution is 8.00. The van der Waals surface area contributed by atoms with Gasteiger partial charge in [-0.25, -0.2) is 14.6 Å². The number of anilines is 2. The normalized spacial score (nSPS) is 19.8. The van der Waals surface area contributed by atoms with E-state index in [4.69, 9.17) is 15.3 Å². The van der Waals surface area contributed by atoms with Crippen LogP contribution in [-0.2, 0) is 44.8 Å². The van der Waals surface area contributed by atoms with E-state index in [9.17, 15) is 44.1 Å².